The highest BCUT2D eigenvalue weighted by Gasteiger charge is 2.20. The van der Waals surface area contributed by atoms with Crippen LogP contribution in [-0.2, 0) is 17.8 Å². The van der Waals surface area contributed by atoms with Crippen molar-refractivity contribution in [2.24, 2.45) is 0 Å². The fraction of sp³-hybridized carbons (Fsp3) is 0.467. The molecule has 1 amide bonds. The van der Waals surface area contributed by atoms with Crippen molar-refractivity contribution >= 4 is 11.6 Å². The Balaban J connectivity index is 1.96. The first-order chi connectivity index (χ1) is 10.6. The van der Waals surface area contributed by atoms with E-state index in [9.17, 15) is 4.79 Å². The summed E-state index contributed by atoms with van der Waals surface area (Å²) in [6, 6.07) is 3.73. The maximum Gasteiger partial charge on any atom is 0.242 e. The zero-order valence-electron chi connectivity index (χ0n) is 13.1. The molecule has 0 fully saturated rings. The number of hydrogen-bond acceptors (Lipinski definition) is 6. The third kappa shape index (κ3) is 4.28. The van der Waals surface area contributed by atoms with Gasteiger partial charge in [-0.15, -0.1) is 10.2 Å². The van der Waals surface area contributed by atoms with Crippen LogP contribution in [0.25, 0.3) is 0 Å². The van der Waals surface area contributed by atoms with Gasteiger partial charge in [-0.2, -0.15) is 0 Å². The fourth-order valence-electron chi connectivity index (χ4n) is 1.95. The zero-order valence-corrected chi connectivity index (χ0v) is 13.1. The average molecular weight is 303 g/mol. The molecule has 7 nitrogen and oxygen atoms in total. The van der Waals surface area contributed by atoms with Crippen molar-refractivity contribution in [3.05, 3.63) is 36.3 Å². The molecule has 0 aromatic carbocycles. The molecule has 0 atom stereocenters. The molecule has 2 aromatic rings. The normalized spacial score (nSPS) is 10.7. The van der Waals surface area contributed by atoms with Crippen molar-refractivity contribution in [2.75, 3.05) is 11.9 Å². The van der Waals surface area contributed by atoms with Crippen LogP contribution >= 0.6 is 0 Å². The molecule has 0 aliphatic heterocycles. The van der Waals surface area contributed by atoms with Crippen molar-refractivity contribution in [3.8, 4) is 0 Å². The fourth-order valence-corrected chi connectivity index (χ4v) is 1.95. The van der Waals surface area contributed by atoms with Crippen LogP contribution in [0.1, 0.15) is 32.6 Å². The minimum absolute atomic E-state index is 0.0323. The van der Waals surface area contributed by atoms with E-state index in [1.807, 2.05) is 32.9 Å². The lowest BCUT2D eigenvalue weighted by Gasteiger charge is -2.25. The molecule has 0 radical (unpaired) electrons. The van der Waals surface area contributed by atoms with Crippen molar-refractivity contribution in [2.45, 2.75) is 39.8 Å². The van der Waals surface area contributed by atoms with E-state index in [1.165, 1.54) is 0 Å². The predicted molar refractivity (Wildman–Crippen MR) is 82.1 cm³/mol. The van der Waals surface area contributed by atoms with Crippen LogP contribution in [0.15, 0.2) is 28.9 Å². The molecule has 0 unspecified atom stereocenters. The van der Waals surface area contributed by atoms with E-state index < -0.39 is 0 Å². The Morgan fingerprint density at radius 3 is 2.73 bits per heavy atom. The van der Waals surface area contributed by atoms with E-state index in [0.29, 0.717) is 24.7 Å². The lowest BCUT2D eigenvalue weighted by molar-refractivity contribution is -0.132. The molecule has 1 N–H and O–H groups in total. The average Bonchev–Trinajstić information content (AvgIpc) is 2.99. The van der Waals surface area contributed by atoms with E-state index in [4.69, 9.17) is 4.42 Å². The topological polar surface area (TPSA) is 84.2 Å². The van der Waals surface area contributed by atoms with Crippen LogP contribution in [0.5, 0.6) is 0 Å². The van der Waals surface area contributed by atoms with Gasteiger partial charge in [0.05, 0.1) is 18.8 Å². The van der Waals surface area contributed by atoms with Crippen molar-refractivity contribution < 1.29 is 9.21 Å². The smallest absolute Gasteiger partial charge is 0.242 e. The van der Waals surface area contributed by atoms with Crippen LogP contribution < -0.4 is 5.32 Å². The standard InChI is InChI=1S/C15H21N5O2/c1-4-13-18-19-14(22-13)10-20(11(2)3)15(21)9-17-12-6-5-7-16-8-12/h5-8,11,17H,4,9-10H2,1-3H3. The lowest BCUT2D eigenvalue weighted by Crippen LogP contribution is -2.40. The van der Waals surface area contributed by atoms with Crippen LogP contribution in [0, 0.1) is 0 Å². The Morgan fingerprint density at radius 2 is 2.14 bits per heavy atom. The number of nitrogens with one attached hydrogen (secondary N) is 1. The second kappa shape index (κ2) is 7.53. The highest BCUT2D eigenvalue weighted by molar-refractivity contribution is 5.81. The third-order valence-corrected chi connectivity index (χ3v) is 3.17. The highest BCUT2D eigenvalue weighted by Crippen LogP contribution is 2.09. The first-order valence-electron chi connectivity index (χ1n) is 7.34. The number of aromatic nitrogens is 3. The monoisotopic (exact) mass is 303 g/mol. The van der Waals surface area contributed by atoms with Gasteiger partial charge in [-0.3, -0.25) is 9.78 Å². The van der Waals surface area contributed by atoms with Gasteiger partial charge in [0.15, 0.2) is 0 Å². The number of aryl methyl sites for hydroxylation is 1. The Hall–Kier alpha value is -2.44. The maximum absolute atomic E-state index is 12.4. The van der Waals surface area contributed by atoms with E-state index in [0.717, 1.165) is 5.69 Å². The van der Waals surface area contributed by atoms with Gasteiger partial charge in [0, 0.05) is 24.9 Å². The van der Waals surface area contributed by atoms with Gasteiger partial charge < -0.3 is 14.6 Å². The summed E-state index contributed by atoms with van der Waals surface area (Å²) in [5.74, 6) is 1.01. The SMILES string of the molecule is CCc1nnc(CN(C(=O)CNc2cccnc2)C(C)C)o1. The Morgan fingerprint density at radius 1 is 1.36 bits per heavy atom. The van der Waals surface area contributed by atoms with E-state index in [2.05, 4.69) is 20.5 Å². The molecule has 0 saturated heterocycles. The van der Waals surface area contributed by atoms with Crippen LogP contribution in [0.4, 0.5) is 5.69 Å². The molecule has 0 saturated carbocycles. The van der Waals surface area contributed by atoms with Gasteiger partial charge in [-0.25, -0.2) is 0 Å². The second-order valence-corrected chi connectivity index (χ2v) is 5.15. The lowest BCUT2D eigenvalue weighted by atomic mass is 10.3. The summed E-state index contributed by atoms with van der Waals surface area (Å²) in [4.78, 5) is 18.1. The predicted octanol–water partition coefficient (Wildman–Crippen LogP) is 1.88. The van der Waals surface area contributed by atoms with Crippen LogP contribution in [-0.4, -0.2) is 38.6 Å². The Bertz CT molecular complexity index is 597. The Kier molecular flexibility index (Phi) is 5.46. The number of carbonyl (C=O) groups is 1. The summed E-state index contributed by atoms with van der Waals surface area (Å²) in [5, 5.41) is 11.0. The number of nitrogens with zero attached hydrogens (tertiary/aromatic N) is 4. The van der Waals surface area contributed by atoms with Gasteiger partial charge >= 0.3 is 0 Å². The zero-order chi connectivity index (χ0) is 15.9. The second-order valence-electron chi connectivity index (χ2n) is 5.15. The number of carbonyl (C=O) groups excluding carboxylic acids is 1. The van der Waals surface area contributed by atoms with Crippen molar-refractivity contribution in [1.82, 2.24) is 20.1 Å². The molecule has 7 heteroatoms. The van der Waals surface area contributed by atoms with Crippen molar-refractivity contribution in [3.63, 3.8) is 0 Å². The largest absolute Gasteiger partial charge is 0.423 e. The number of anilines is 1. The summed E-state index contributed by atoms with van der Waals surface area (Å²) in [6.45, 7) is 6.37. The van der Waals surface area contributed by atoms with Gasteiger partial charge in [0.1, 0.15) is 0 Å². The van der Waals surface area contributed by atoms with Crippen LogP contribution in [0.3, 0.4) is 0 Å². The van der Waals surface area contributed by atoms with Crippen molar-refractivity contribution in [1.29, 1.82) is 0 Å². The summed E-state index contributed by atoms with van der Waals surface area (Å²) in [6.07, 6.45) is 4.05. The van der Waals surface area contributed by atoms with Gasteiger partial charge in [-0.1, -0.05) is 6.92 Å². The molecule has 2 heterocycles. The number of rotatable bonds is 7. The van der Waals surface area contributed by atoms with E-state index in [1.54, 1.807) is 17.3 Å². The first-order valence-corrected chi connectivity index (χ1v) is 7.34. The quantitative estimate of drug-likeness (QED) is 0.840. The molecule has 118 valence electrons. The minimum Gasteiger partial charge on any atom is -0.423 e. The molecular weight excluding hydrogens is 282 g/mol. The number of hydrogen-bond donors (Lipinski definition) is 1. The van der Waals surface area contributed by atoms with Gasteiger partial charge in [0.2, 0.25) is 17.7 Å². The van der Waals surface area contributed by atoms with E-state index in [-0.39, 0.29) is 18.5 Å². The molecule has 2 aromatic heterocycles. The number of amides is 1. The maximum atomic E-state index is 12.4. The molecular formula is C15H21N5O2. The Labute approximate surface area is 129 Å². The molecule has 2 rings (SSSR count). The molecule has 0 bridgehead atoms. The summed E-state index contributed by atoms with van der Waals surface area (Å²) in [7, 11) is 0. The van der Waals surface area contributed by atoms with Gasteiger partial charge in [0.25, 0.3) is 0 Å². The summed E-state index contributed by atoms with van der Waals surface area (Å²) < 4.78 is 5.48. The molecule has 22 heavy (non-hydrogen) atoms. The summed E-state index contributed by atoms with van der Waals surface area (Å²) >= 11 is 0. The third-order valence-electron chi connectivity index (χ3n) is 3.17. The van der Waals surface area contributed by atoms with Gasteiger partial charge in [-0.05, 0) is 26.0 Å². The van der Waals surface area contributed by atoms with E-state index >= 15 is 0 Å². The molecule has 0 spiro atoms. The highest BCUT2D eigenvalue weighted by atomic mass is 16.4. The minimum atomic E-state index is -0.0323. The van der Waals surface area contributed by atoms with Crippen LogP contribution in [0.2, 0.25) is 0 Å². The molecule has 0 aliphatic carbocycles. The number of pyridine rings is 1. The molecule has 0 aliphatic rings. The first kappa shape index (κ1) is 15.9. The summed E-state index contributed by atoms with van der Waals surface area (Å²) in [5.41, 5.74) is 0.811.